The van der Waals surface area contributed by atoms with E-state index in [0.717, 1.165) is 17.1 Å². The van der Waals surface area contributed by atoms with Crippen LogP contribution >= 0.6 is 0 Å². The highest BCUT2D eigenvalue weighted by Crippen LogP contribution is 2.13. The van der Waals surface area contributed by atoms with Gasteiger partial charge in [0.2, 0.25) is 0 Å². The maximum absolute atomic E-state index is 4.36. The number of hydrogen-bond donors (Lipinski definition) is 0. The maximum Gasteiger partial charge on any atom is 0.154 e. The van der Waals surface area contributed by atoms with Crippen LogP contribution in [0.2, 0.25) is 0 Å². The van der Waals surface area contributed by atoms with E-state index in [4.69, 9.17) is 0 Å². The lowest BCUT2D eigenvalue weighted by Crippen LogP contribution is -2.09. The van der Waals surface area contributed by atoms with Gasteiger partial charge in [-0.05, 0) is 32.4 Å². The molecule has 0 saturated heterocycles. The van der Waals surface area contributed by atoms with Crippen molar-refractivity contribution in [3.05, 3.63) is 23.3 Å². The molecule has 0 aromatic carbocycles. The Kier molecular flexibility index (Phi) is 5.77. The minimum Gasteiger partial charge on any atom is -0.270 e. The Morgan fingerprint density at radius 2 is 1.86 bits per heavy atom. The quantitative estimate of drug-likeness (QED) is 0.562. The highest BCUT2D eigenvalue weighted by molar-refractivity contribution is 6.16. The monoisotopic (exact) mass is 192 g/mol. The smallest absolute Gasteiger partial charge is 0.154 e. The molecule has 0 atom stereocenters. The molecular formula is C12H20N2. The molecule has 0 aliphatic carbocycles. The first-order valence-electron chi connectivity index (χ1n) is 5.06. The summed E-state index contributed by atoms with van der Waals surface area (Å²) in [4.78, 5) is 8.46. The van der Waals surface area contributed by atoms with E-state index in [0.29, 0.717) is 0 Å². The van der Waals surface area contributed by atoms with Crippen molar-refractivity contribution in [1.29, 1.82) is 0 Å². The zero-order chi connectivity index (χ0) is 11.1. The standard InChI is InChI=1S/C10H14N2.C2H6/c1-5-9-6-7(2)8(3)12-10(9)11-4;1-2/h5-6H,1-4H3;1-2H3/b9-5-,11-10?;. The predicted molar refractivity (Wildman–Crippen MR) is 65.3 cm³/mol. The van der Waals surface area contributed by atoms with Crippen LogP contribution < -0.4 is 0 Å². The molecule has 0 N–H and O–H groups in total. The second-order valence-electron chi connectivity index (χ2n) is 2.82. The molecule has 1 heterocycles. The zero-order valence-electron chi connectivity index (χ0n) is 10.0. The Morgan fingerprint density at radius 1 is 1.29 bits per heavy atom. The van der Waals surface area contributed by atoms with E-state index in [2.05, 4.69) is 23.0 Å². The van der Waals surface area contributed by atoms with Gasteiger partial charge in [-0.15, -0.1) is 0 Å². The molecule has 1 aliphatic heterocycles. The molecule has 0 saturated carbocycles. The van der Waals surface area contributed by atoms with Crippen molar-refractivity contribution in [2.45, 2.75) is 34.6 Å². The van der Waals surface area contributed by atoms with E-state index in [1.54, 1.807) is 7.05 Å². The third-order valence-electron chi connectivity index (χ3n) is 2.00. The van der Waals surface area contributed by atoms with Gasteiger partial charge in [0.05, 0.1) is 0 Å². The van der Waals surface area contributed by atoms with Crippen LogP contribution in [-0.4, -0.2) is 18.6 Å². The lowest BCUT2D eigenvalue weighted by atomic mass is 10.0. The molecule has 0 fully saturated rings. The number of rotatable bonds is 0. The van der Waals surface area contributed by atoms with E-state index in [-0.39, 0.29) is 0 Å². The molecule has 0 aromatic heterocycles. The van der Waals surface area contributed by atoms with Gasteiger partial charge in [0.1, 0.15) is 0 Å². The van der Waals surface area contributed by atoms with Gasteiger partial charge in [-0.3, -0.25) is 4.99 Å². The Bertz CT molecular complexity index is 272. The summed E-state index contributed by atoms with van der Waals surface area (Å²) in [6.45, 7) is 10.1. The van der Waals surface area contributed by atoms with Crippen LogP contribution in [0.1, 0.15) is 34.6 Å². The van der Waals surface area contributed by atoms with E-state index < -0.39 is 0 Å². The van der Waals surface area contributed by atoms with Crippen LogP contribution in [0.4, 0.5) is 0 Å². The number of allylic oxidation sites excluding steroid dienone is 2. The fourth-order valence-corrected chi connectivity index (χ4v) is 1.11. The first kappa shape index (κ1) is 12.8. The Balaban J connectivity index is 0.000000791. The normalized spacial score (nSPS) is 21.3. The highest BCUT2D eigenvalue weighted by Gasteiger charge is 2.09. The van der Waals surface area contributed by atoms with Crippen LogP contribution in [0, 0.1) is 0 Å². The summed E-state index contributed by atoms with van der Waals surface area (Å²) in [7, 11) is 1.77. The van der Waals surface area contributed by atoms with Crippen molar-refractivity contribution in [2.75, 3.05) is 7.05 Å². The molecule has 0 radical (unpaired) electrons. The van der Waals surface area contributed by atoms with Crippen molar-refractivity contribution >= 4 is 11.5 Å². The first-order valence-corrected chi connectivity index (χ1v) is 5.06. The second kappa shape index (κ2) is 6.30. The topological polar surface area (TPSA) is 24.7 Å². The average molecular weight is 192 g/mol. The molecule has 78 valence electrons. The van der Waals surface area contributed by atoms with Crippen molar-refractivity contribution < 1.29 is 0 Å². The molecule has 1 rings (SSSR count). The summed E-state index contributed by atoms with van der Waals surface area (Å²) >= 11 is 0. The van der Waals surface area contributed by atoms with Gasteiger partial charge in [-0.2, -0.15) is 0 Å². The number of aliphatic imine (C=N–C) groups is 2. The summed E-state index contributed by atoms with van der Waals surface area (Å²) in [5, 5.41) is 0. The van der Waals surface area contributed by atoms with Crippen molar-refractivity contribution in [2.24, 2.45) is 9.98 Å². The minimum atomic E-state index is 0.834. The van der Waals surface area contributed by atoms with E-state index in [1.165, 1.54) is 5.57 Å². The Morgan fingerprint density at radius 3 is 2.29 bits per heavy atom. The lowest BCUT2D eigenvalue weighted by molar-refractivity contribution is 1.34. The zero-order valence-corrected chi connectivity index (χ0v) is 10.0. The van der Waals surface area contributed by atoms with Crippen LogP contribution in [-0.2, 0) is 0 Å². The Labute approximate surface area is 87.2 Å². The fraction of sp³-hybridized carbons (Fsp3) is 0.500. The first-order chi connectivity index (χ1) is 6.69. The van der Waals surface area contributed by atoms with Crippen LogP contribution in [0.15, 0.2) is 33.3 Å². The summed E-state index contributed by atoms with van der Waals surface area (Å²) in [5.41, 5.74) is 3.39. The summed E-state index contributed by atoms with van der Waals surface area (Å²) in [6, 6.07) is 0. The average Bonchev–Trinajstić information content (AvgIpc) is 2.24. The Hall–Kier alpha value is -1.18. The van der Waals surface area contributed by atoms with E-state index >= 15 is 0 Å². The summed E-state index contributed by atoms with van der Waals surface area (Å²) in [5.74, 6) is 0.834. The van der Waals surface area contributed by atoms with Crippen molar-refractivity contribution in [1.82, 2.24) is 0 Å². The minimum absolute atomic E-state index is 0.834. The molecule has 2 heteroatoms. The molecule has 14 heavy (non-hydrogen) atoms. The summed E-state index contributed by atoms with van der Waals surface area (Å²) < 4.78 is 0. The second-order valence-corrected chi connectivity index (χ2v) is 2.82. The number of hydrogen-bond acceptors (Lipinski definition) is 1. The molecule has 0 spiro atoms. The molecular weight excluding hydrogens is 172 g/mol. The van der Waals surface area contributed by atoms with E-state index in [9.17, 15) is 0 Å². The summed E-state index contributed by atoms with van der Waals surface area (Å²) in [6.07, 6.45) is 4.15. The number of dihydropyridines is 1. The molecule has 0 unspecified atom stereocenters. The SMILES string of the molecule is C/C=C1/C=C(C)C(C)=NC1=NC.CC. The van der Waals surface area contributed by atoms with Crippen LogP contribution in [0.5, 0.6) is 0 Å². The molecule has 2 nitrogen and oxygen atoms in total. The molecule has 0 aromatic rings. The third kappa shape index (κ3) is 2.95. The van der Waals surface area contributed by atoms with Gasteiger partial charge < -0.3 is 0 Å². The van der Waals surface area contributed by atoms with Crippen molar-refractivity contribution in [3.63, 3.8) is 0 Å². The highest BCUT2D eigenvalue weighted by atomic mass is 14.9. The molecule has 0 amide bonds. The number of amidine groups is 1. The van der Waals surface area contributed by atoms with Gasteiger partial charge in [-0.25, -0.2) is 4.99 Å². The van der Waals surface area contributed by atoms with Gasteiger partial charge >= 0.3 is 0 Å². The fourth-order valence-electron chi connectivity index (χ4n) is 1.11. The number of nitrogens with zero attached hydrogens (tertiary/aromatic N) is 2. The molecule has 0 bridgehead atoms. The maximum atomic E-state index is 4.36. The van der Waals surface area contributed by atoms with E-state index in [1.807, 2.05) is 33.8 Å². The largest absolute Gasteiger partial charge is 0.270 e. The third-order valence-corrected chi connectivity index (χ3v) is 2.00. The molecule has 1 aliphatic rings. The van der Waals surface area contributed by atoms with Gasteiger partial charge in [0.15, 0.2) is 5.84 Å². The van der Waals surface area contributed by atoms with Crippen molar-refractivity contribution in [3.8, 4) is 0 Å². The van der Waals surface area contributed by atoms with Gasteiger partial charge in [-0.1, -0.05) is 19.9 Å². The van der Waals surface area contributed by atoms with Gasteiger partial charge in [0.25, 0.3) is 0 Å². The van der Waals surface area contributed by atoms with Gasteiger partial charge in [0, 0.05) is 18.3 Å². The van der Waals surface area contributed by atoms with Crippen LogP contribution in [0.25, 0.3) is 0 Å². The van der Waals surface area contributed by atoms with Crippen LogP contribution in [0.3, 0.4) is 0 Å². The predicted octanol–water partition coefficient (Wildman–Crippen LogP) is 3.41. The lowest BCUT2D eigenvalue weighted by Gasteiger charge is -2.11.